The lowest BCUT2D eigenvalue weighted by molar-refractivity contribution is 0.0695. The highest BCUT2D eigenvalue weighted by Crippen LogP contribution is 2.27. The quantitative estimate of drug-likeness (QED) is 0.878. The van der Waals surface area contributed by atoms with Crippen molar-refractivity contribution in [1.82, 2.24) is 0 Å². The van der Waals surface area contributed by atoms with E-state index in [0.29, 0.717) is 6.54 Å². The number of aryl methyl sites for hydroxylation is 1. The van der Waals surface area contributed by atoms with Gasteiger partial charge in [-0.3, -0.25) is 0 Å². The highest BCUT2D eigenvalue weighted by molar-refractivity contribution is 9.10. The Balaban J connectivity index is 2.16. The average molecular weight is 338 g/mol. The van der Waals surface area contributed by atoms with E-state index in [-0.39, 0.29) is 15.7 Å². The molecule has 0 aliphatic heterocycles. The number of carbonyl (C=O) groups is 1. The first kappa shape index (κ1) is 14.5. The fraction of sp³-hybridized carbons (Fsp3) is 0.133. The summed E-state index contributed by atoms with van der Waals surface area (Å²) in [5.41, 5.74) is 2.35. The van der Waals surface area contributed by atoms with Gasteiger partial charge < -0.3 is 10.4 Å². The number of hydrogen-bond acceptors (Lipinski definition) is 2. The number of carboxylic acid groups (broad SMARTS) is 1. The summed E-state index contributed by atoms with van der Waals surface area (Å²) in [7, 11) is 0. The van der Waals surface area contributed by atoms with Crippen LogP contribution < -0.4 is 5.32 Å². The number of rotatable bonds is 4. The fourth-order valence-corrected chi connectivity index (χ4v) is 2.27. The average Bonchev–Trinajstić information content (AvgIpc) is 2.42. The van der Waals surface area contributed by atoms with Crippen LogP contribution in [0.3, 0.4) is 0 Å². The molecule has 0 spiro atoms. The largest absolute Gasteiger partial charge is 0.478 e. The van der Waals surface area contributed by atoms with Gasteiger partial charge in [0.2, 0.25) is 0 Å². The number of nitrogens with one attached hydrogen (secondary N) is 1. The van der Waals surface area contributed by atoms with Crippen molar-refractivity contribution in [3.8, 4) is 0 Å². The first-order valence-corrected chi connectivity index (χ1v) is 6.79. The van der Waals surface area contributed by atoms with Crippen molar-refractivity contribution in [2.24, 2.45) is 0 Å². The molecule has 0 radical (unpaired) electrons. The van der Waals surface area contributed by atoms with Gasteiger partial charge in [0, 0.05) is 6.54 Å². The summed E-state index contributed by atoms with van der Waals surface area (Å²) in [6, 6.07) is 10.7. The van der Waals surface area contributed by atoms with Crippen LogP contribution >= 0.6 is 15.9 Å². The Bertz CT molecular complexity index is 641. The number of halogens is 2. The summed E-state index contributed by atoms with van der Waals surface area (Å²) in [6.45, 7) is 2.47. The van der Waals surface area contributed by atoms with Crippen molar-refractivity contribution >= 4 is 27.6 Å². The summed E-state index contributed by atoms with van der Waals surface area (Å²) < 4.78 is 14.0. The van der Waals surface area contributed by atoms with Crippen LogP contribution in [-0.4, -0.2) is 11.1 Å². The maximum atomic E-state index is 14.0. The van der Waals surface area contributed by atoms with E-state index in [1.807, 2.05) is 31.2 Å². The zero-order valence-corrected chi connectivity index (χ0v) is 12.4. The van der Waals surface area contributed by atoms with Crippen molar-refractivity contribution < 1.29 is 14.3 Å². The molecule has 2 rings (SSSR count). The molecular formula is C15H13BrFNO2. The highest BCUT2D eigenvalue weighted by Gasteiger charge is 2.15. The van der Waals surface area contributed by atoms with E-state index in [1.165, 1.54) is 12.1 Å². The topological polar surface area (TPSA) is 49.3 Å². The molecule has 0 heterocycles. The first-order chi connectivity index (χ1) is 9.49. The Labute approximate surface area is 124 Å². The number of aromatic carboxylic acids is 1. The van der Waals surface area contributed by atoms with Crippen molar-refractivity contribution in [2.45, 2.75) is 13.5 Å². The summed E-state index contributed by atoms with van der Waals surface area (Å²) >= 11 is 2.97. The number of hydrogen-bond donors (Lipinski definition) is 2. The molecular weight excluding hydrogens is 325 g/mol. The van der Waals surface area contributed by atoms with Gasteiger partial charge in [-0.05, 0) is 40.5 Å². The van der Waals surface area contributed by atoms with Crippen LogP contribution in [0, 0.1) is 12.7 Å². The Hall–Kier alpha value is -1.88. The van der Waals surface area contributed by atoms with Crippen LogP contribution in [0.2, 0.25) is 0 Å². The zero-order chi connectivity index (χ0) is 14.7. The predicted molar refractivity (Wildman–Crippen MR) is 79.6 cm³/mol. The van der Waals surface area contributed by atoms with Crippen LogP contribution in [0.5, 0.6) is 0 Å². The molecule has 0 aliphatic rings. The molecule has 2 N–H and O–H groups in total. The van der Waals surface area contributed by atoms with Crippen LogP contribution in [0.25, 0.3) is 0 Å². The molecule has 3 nitrogen and oxygen atoms in total. The molecule has 104 valence electrons. The van der Waals surface area contributed by atoms with Crippen LogP contribution in [0.15, 0.2) is 40.9 Å². The lowest BCUT2D eigenvalue weighted by Crippen LogP contribution is -2.05. The Kier molecular flexibility index (Phi) is 4.39. The fourth-order valence-electron chi connectivity index (χ4n) is 1.75. The normalized spacial score (nSPS) is 10.3. The molecule has 0 amide bonds. The van der Waals surface area contributed by atoms with Gasteiger partial charge in [0.25, 0.3) is 0 Å². The number of carboxylic acids is 1. The van der Waals surface area contributed by atoms with E-state index in [2.05, 4.69) is 21.2 Å². The minimum Gasteiger partial charge on any atom is -0.478 e. The monoisotopic (exact) mass is 337 g/mol. The Morgan fingerprint density at radius 1 is 1.25 bits per heavy atom. The molecule has 0 saturated carbocycles. The second-order valence-electron chi connectivity index (χ2n) is 4.43. The third-order valence-electron chi connectivity index (χ3n) is 2.92. The van der Waals surface area contributed by atoms with E-state index in [1.54, 1.807) is 0 Å². The predicted octanol–water partition coefficient (Wildman–Crippen LogP) is 4.21. The standard InChI is InChI=1S/C15H13BrFNO2/c1-9-2-4-10(5-3-9)8-18-12-7-6-11(15(19)20)13(16)14(12)17/h2-7,18H,8H2,1H3,(H,19,20). The van der Waals surface area contributed by atoms with Gasteiger partial charge in [-0.2, -0.15) is 0 Å². The van der Waals surface area contributed by atoms with Crippen LogP contribution in [0.4, 0.5) is 10.1 Å². The molecule has 2 aromatic rings. The SMILES string of the molecule is Cc1ccc(CNc2ccc(C(=O)O)c(Br)c2F)cc1. The summed E-state index contributed by atoms with van der Waals surface area (Å²) in [5.74, 6) is -1.77. The highest BCUT2D eigenvalue weighted by atomic mass is 79.9. The molecule has 5 heteroatoms. The maximum Gasteiger partial charge on any atom is 0.336 e. The molecule has 20 heavy (non-hydrogen) atoms. The molecule has 2 aromatic carbocycles. The molecule has 0 bridgehead atoms. The van der Waals surface area contributed by atoms with E-state index in [4.69, 9.17) is 5.11 Å². The summed E-state index contributed by atoms with van der Waals surface area (Å²) in [4.78, 5) is 10.9. The molecule has 0 aromatic heterocycles. The van der Waals surface area contributed by atoms with E-state index >= 15 is 0 Å². The van der Waals surface area contributed by atoms with Crippen molar-refractivity contribution in [3.05, 3.63) is 63.4 Å². The number of anilines is 1. The van der Waals surface area contributed by atoms with Gasteiger partial charge in [0.15, 0.2) is 5.82 Å². The van der Waals surface area contributed by atoms with Crippen molar-refractivity contribution in [2.75, 3.05) is 5.32 Å². The third kappa shape index (κ3) is 3.17. The summed E-state index contributed by atoms with van der Waals surface area (Å²) in [5, 5.41) is 11.9. The van der Waals surface area contributed by atoms with E-state index < -0.39 is 11.8 Å². The second-order valence-corrected chi connectivity index (χ2v) is 5.23. The first-order valence-electron chi connectivity index (χ1n) is 5.99. The van der Waals surface area contributed by atoms with Crippen molar-refractivity contribution in [3.63, 3.8) is 0 Å². The Morgan fingerprint density at radius 2 is 1.90 bits per heavy atom. The minimum absolute atomic E-state index is 0.0427. The van der Waals surface area contributed by atoms with Crippen LogP contribution in [0.1, 0.15) is 21.5 Å². The van der Waals surface area contributed by atoms with Gasteiger partial charge >= 0.3 is 5.97 Å². The third-order valence-corrected chi connectivity index (χ3v) is 3.69. The van der Waals surface area contributed by atoms with Gasteiger partial charge in [-0.1, -0.05) is 29.8 Å². The van der Waals surface area contributed by atoms with Crippen LogP contribution in [-0.2, 0) is 6.54 Å². The molecule has 0 atom stereocenters. The van der Waals surface area contributed by atoms with Gasteiger partial charge in [0.05, 0.1) is 15.7 Å². The van der Waals surface area contributed by atoms with E-state index in [0.717, 1.165) is 11.1 Å². The van der Waals surface area contributed by atoms with Gasteiger partial charge in [0.1, 0.15) is 0 Å². The minimum atomic E-state index is -1.17. The second kappa shape index (κ2) is 6.05. The zero-order valence-electron chi connectivity index (χ0n) is 10.8. The lowest BCUT2D eigenvalue weighted by Gasteiger charge is -2.10. The molecule has 0 unspecified atom stereocenters. The van der Waals surface area contributed by atoms with Gasteiger partial charge in [-0.25, -0.2) is 9.18 Å². The smallest absolute Gasteiger partial charge is 0.336 e. The molecule has 0 aliphatic carbocycles. The Morgan fingerprint density at radius 3 is 2.50 bits per heavy atom. The summed E-state index contributed by atoms with van der Waals surface area (Å²) in [6.07, 6.45) is 0. The number of benzene rings is 2. The van der Waals surface area contributed by atoms with E-state index in [9.17, 15) is 9.18 Å². The molecule has 0 saturated heterocycles. The maximum absolute atomic E-state index is 14.0. The van der Waals surface area contributed by atoms with Gasteiger partial charge in [-0.15, -0.1) is 0 Å². The lowest BCUT2D eigenvalue weighted by atomic mass is 10.1. The molecule has 0 fully saturated rings. The van der Waals surface area contributed by atoms with Crippen molar-refractivity contribution in [1.29, 1.82) is 0 Å².